The third-order valence-corrected chi connectivity index (χ3v) is 3.86. The Labute approximate surface area is 107 Å². The highest BCUT2D eigenvalue weighted by Gasteiger charge is 2.40. The number of methoxy groups -OCH3 is 1. The van der Waals surface area contributed by atoms with Gasteiger partial charge in [-0.1, -0.05) is 0 Å². The predicted molar refractivity (Wildman–Crippen MR) is 70.1 cm³/mol. The summed E-state index contributed by atoms with van der Waals surface area (Å²) in [6, 6.07) is 1.65. The number of aromatic nitrogens is 1. The summed E-state index contributed by atoms with van der Waals surface area (Å²) in [5.41, 5.74) is 13.9. The number of nitrogens with zero attached hydrogens (tertiary/aromatic N) is 1. The van der Waals surface area contributed by atoms with Crippen molar-refractivity contribution in [3.8, 4) is 0 Å². The van der Waals surface area contributed by atoms with Gasteiger partial charge in [0.05, 0.1) is 11.6 Å². The second-order valence-electron chi connectivity index (χ2n) is 4.79. The predicted octanol–water partition coefficient (Wildman–Crippen LogP) is 1.17. The van der Waals surface area contributed by atoms with Gasteiger partial charge in [-0.15, -0.1) is 0 Å². The lowest BCUT2D eigenvalue weighted by molar-refractivity contribution is -0.105. The van der Waals surface area contributed by atoms with Crippen molar-refractivity contribution >= 4 is 5.82 Å². The maximum absolute atomic E-state index is 6.42. The van der Waals surface area contributed by atoms with Gasteiger partial charge in [-0.3, -0.25) is 0 Å². The number of hydrogen-bond donors (Lipinski definition) is 2. The zero-order valence-electron chi connectivity index (χ0n) is 11.0. The number of nitrogens with two attached hydrogens (primary N) is 2. The van der Waals surface area contributed by atoms with Crippen molar-refractivity contribution in [1.82, 2.24) is 4.98 Å². The van der Waals surface area contributed by atoms with Gasteiger partial charge in [0, 0.05) is 44.9 Å². The standard InChI is InChI=1S/C13H21N3O2/c1-9-3-6-16-12(15)10(9)11(14)13(17-2)4-7-18-8-5-13/h3,6,11H,4-5,7-8,14H2,1-2H3,(H2,15,16). The quantitative estimate of drug-likeness (QED) is 0.842. The van der Waals surface area contributed by atoms with Crippen LogP contribution in [0.5, 0.6) is 0 Å². The minimum absolute atomic E-state index is 0.278. The molecule has 2 heterocycles. The van der Waals surface area contributed by atoms with E-state index in [0.717, 1.165) is 24.0 Å². The largest absolute Gasteiger partial charge is 0.383 e. The summed E-state index contributed by atoms with van der Waals surface area (Å²) in [6.07, 6.45) is 3.25. The molecule has 0 radical (unpaired) electrons. The fourth-order valence-corrected chi connectivity index (χ4v) is 2.62. The van der Waals surface area contributed by atoms with E-state index in [-0.39, 0.29) is 6.04 Å². The number of hydrogen-bond acceptors (Lipinski definition) is 5. The van der Waals surface area contributed by atoms with Crippen LogP contribution in [0.2, 0.25) is 0 Å². The molecule has 0 aliphatic carbocycles. The molecule has 5 nitrogen and oxygen atoms in total. The Kier molecular flexibility index (Phi) is 3.85. The summed E-state index contributed by atoms with van der Waals surface area (Å²) >= 11 is 0. The van der Waals surface area contributed by atoms with Crippen LogP contribution < -0.4 is 11.5 Å². The highest BCUT2D eigenvalue weighted by molar-refractivity contribution is 5.47. The van der Waals surface area contributed by atoms with Crippen LogP contribution >= 0.6 is 0 Å². The first-order valence-electron chi connectivity index (χ1n) is 6.20. The third-order valence-electron chi connectivity index (χ3n) is 3.86. The number of nitrogen functional groups attached to an aromatic ring is 1. The van der Waals surface area contributed by atoms with Gasteiger partial charge in [0.1, 0.15) is 5.82 Å². The molecule has 1 aliphatic heterocycles. The molecule has 0 bridgehead atoms. The molecule has 1 fully saturated rings. The number of pyridine rings is 1. The van der Waals surface area contributed by atoms with Crippen molar-refractivity contribution in [1.29, 1.82) is 0 Å². The molecule has 5 heteroatoms. The van der Waals surface area contributed by atoms with E-state index >= 15 is 0 Å². The SMILES string of the molecule is COC1(C(N)c2c(C)ccnc2N)CCOCC1. The first kappa shape index (κ1) is 13.3. The highest BCUT2D eigenvalue weighted by atomic mass is 16.5. The van der Waals surface area contributed by atoms with E-state index in [4.69, 9.17) is 20.9 Å². The maximum atomic E-state index is 6.42. The summed E-state index contributed by atoms with van der Waals surface area (Å²) in [6.45, 7) is 3.33. The maximum Gasteiger partial charge on any atom is 0.128 e. The summed E-state index contributed by atoms with van der Waals surface area (Å²) < 4.78 is 11.1. The molecular weight excluding hydrogens is 230 g/mol. The number of anilines is 1. The second kappa shape index (κ2) is 5.22. The topological polar surface area (TPSA) is 83.4 Å². The van der Waals surface area contributed by atoms with Gasteiger partial charge in [0.2, 0.25) is 0 Å². The molecule has 0 spiro atoms. The summed E-state index contributed by atoms with van der Waals surface area (Å²) in [4.78, 5) is 4.13. The lowest BCUT2D eigenvalue weighted by atomic mass is 9.81. The minimum Gasteiger partial charge on any atom is -0.383 e. The summed E-state index contributed by atoms with van der Waals surface area (Å²) in [7, 11) is 1.70. The zero-order chi connectivity index (χ0) is 13.2. The van der Waals surface area contributed by atoms with Gasteiger partial charge in [0.15, 0.2) is 0 Å². The van der Waals surface area contributed by atoms with Crippen LogP contribution in [0, 0.1) is 6.92 Å². The lowest BCUT2D eigenvalue weighted by Crippen LogP contribution is -2.47. The average Bonchev–Trinajstić information content (AvgIpc) is 2.39. The number of rotatable bonds is 3. The Morgan fingerprint density at radius 3 is 2.67 bits per heavy atom. The van der Waals surface area contributed by atoms with E-state index in [1.54, 1.807) is 13.3 Å². The molecule has 0 saturated carbocycles. The molecule has 1 aromatic rings. The van der Waals surface area contributed by atoms with Crippen molar-refractivity contribution in [2.75, 3.05) is 26.1 Å². The van der Waals surface area contributed by atoms with Crippen molar-refractivity contribution < 1.29 is 9.47 Å². The van der Waals surface area contributed by atoms with E-state index in [2.05, 4.69) is 4.98 Å². The fourth-order valence-electron chi connectivity index (χ4n) is 2.62. The van der Waals surface area contributed by atoms with E-state index in [0.29, 0.717) is 19.0 Å². The van der Waals surface area contributed by atoms with Gasteiger partial charge in [-0.25, -0.2) is 4.98 Å². The van der Waals surface area contributed by atoms with Crippen molar-refractivity contribution in [2.24, 2.45) is 5.73 Å². The summed E-state index contributed by atoms with van der Waals surface area (Å²) in [5, 5.41) is 0. The normalized spacial score (nSPS) is 20.6. The van der Waals surface area contributed by atoms with Gasteiger partial charge < -0.3 is 20.9 Å². The molecular formula is C13H21N3O2. The van der Waals surface area contributed by atoms with Crippen molar-refractivity contribution in [2.45, 2.75) is 31.4 Å². The van der Waals surface area contributed by atoms with Crippen LogP contribution in [0.4, 0.5) is 5.82 Å². The number of aryl methyl sites for hydroxylation is 1. The van der Waals surface area contributed by atoms with Crippen LogP contribution in [0.15, 0.2) is 12.3 Å². The van der Waals surface area contributed by atoms with Crippen LogP contribution in [0.3, 0.4) is 0 Å². The van der Waals surface area contributed by atoms with E-state index in [1.807, 2.05) is 13.0 Å². The lowest BCUT2D eigenvalue weighted by Gasteiger charge is -2.41. The molecule has 18 heavy (non-hydrogen) atoms. The molecule has 1 unspecified atom stereocenters. The van der Waals surface area contributed by atoms with E-state index < -0.39 is 5.60 Å². The van der Waals surface area contributed by atoms with Crippen molar-refractivity contribution in [3.05, 3.63) is 23.4 Å². The monoisotopic (exact) mass is 251 g/mol. The smallest absolute Gasteiger partial charge is 0.128 e. The second-order valence-corrected chi connectivity index (χ2v) is 4.79. The van der Waals surface area contributed by atoms with Gasteiger partial charge in [0.25, 0.3) is 0 Å². The van der Waals surface area contributed by atoms with E-state index in [1.165, 1.54) is 0 Å². The molecule has 1 saturated heterocycles. The number of ether oxygens (including phenoxy) is 2. The van der Waals surface area contributed by atoms with Crippen LogP contribution in [0.1, 0.15) is 30.0 Å². The van der Waals surface area contributed by atoms with Crippen LogP contribution in [-0.4, -0.2) is 30.9 Å². The highest BCUT2D eigenvalue weighted by Crippen LogP contribution is 2.38. The summed E-state index contributed by atoms with van der Waals surface area (Å²) in [5.74, 6) is 0.491. The molecule has 2 rings (SSSR count). The molecule has 1 aromatic heterocycles. The van der Waals surface area contributed by atoms with Gasteiger partial charge in [-0.2, -0.15) is 0 Å². The Bertz CT molecular complexity index is 396. The van der Waals surface area contributed by atoms with Gasteiger partial charge in [-0.05, 0) is 18.6 Å². The van der Waals surface area contributed by atoms with Crippen LogP contribution in [-0.2, 0) is 9.47 Å². The minimum atomic E-state index is -0.403. The molecule has 0 aromatic carbocycles. The molecule has 1 aliphatic rings. The molecule has 0 amide bonds. The Balaban J connectivity index is 2.36. The Morgan fingerprint density at radius 1 is 1.44 bits per heavy atom. The van der Waals surface area contributed by atoms with Crippen molar-refractivity contribution in [3.63, 3.8) is 0 Å². The van der Waals surface area contributed by atoms with E-state index in [9.17, 15) is 0 Å². The van der Waals surface area contributed by atoms with Gasteiger partial charge >= 0.3 is 0 Å². The zero-order valence-corrected chi connectivity index (χ0v) is 11.0. The fraction of sp³-hybridized carbons (Fsp3) is 0.615. The molecule has 4 N–H and O–H groups in total. The Morgan fingerprint density at radius 2 is 2.11 bits per heavy atom. The molecule has 1 atom stereocenters. The first-order chi connectivity index (χ1) is 8.60. The Hall–Kier alpha value is -1.17. The van der Waals surface area contributed by atoms with Crippen LogP contribution in [0.25, 0.3) is 0 Å². The third kappa shape index (κ3) is 2.21. The first-order valence-corrected chi connectivity index (χ1v) is 6.20. The molecule has 100 valence electrons. The average molecular weight is 251 g/mol.